The second-order valence-electron chi connectivity index (χ2n) is 9.57. The summed E-state index contributed by atoms with van der Waals surface area (Å²) in [6.07, 6.45) is 4.37. The molecule has 2 aromatic rings. The number of rotatable bonds is 9. The highest BCUT2D eigenvalue weighted by molar-refractivity contribution is 5.32. The molecule has 150 valence electrons. The summed E-state index contributed by atoms with van der Waals surface area (Å²) in [5, 5.41) is 7.40. The highest BCUT2D eigenvalue weighted by atomic mass is 14.9. The molecular weight excluding hydrogens is 340 g/mol. The zero-order chi connectivity index (χ0) is 19.4. The van der Waals surface area contributed by atoms with Crippen LogP contribution in [-0.4, -0.2) is 26.2 Å². The summed E-state index contributed by atoms with van der Waals surface area (Å²) in [5.41, 5.74) is 3.40. The number of hydrogen-bond acceptors (Lipinski definition) is 2. The van der Waals surface area contributed by atoms with Crippen molar-refractivity contribution < 1.29 is 0 Å². The van der Waals surface area contributed by atoms with Gasteiger partial charge in [-0.15, -0.1) is 0 Å². The SMILES string of the molecule is CC1(C)[C@@H]2CC(CNCCNCC(c3ccccc3)c3ccccc3)C[C@H]1C2. The molecule has 2 bridgehead atoms. The molecule has 0 aliphatic heterocycles. The third kappa shape index (κ3) is 4.34. The molecule has 0 amide bonds. The van der Waals surface area contributed by atoms with Gasteiger partial charge in [-0.25, -0.2) is 0 Å². The largest absolute Gasteiger partial charge is 0.315 e. The predicted molar refractivity (Wildman–Crippen MR) is 119 cm³/mol. The molecule has 0 heterocycles. The molecule has 3 aliphatic carbocycles. The first-order valence-corrected chi connectivity index (χ1v) is 11.2. The molecule has 2 heteroatoms. The van der Waals surface area contributed by atoms with Crippen molar-refractivity contribution in [3.05, 3.63) is 71.8 Å². The van der Waals surface area contributed by atoms with Crippen LogP contribution in [0, 0.1) is 23.2 Å². The van der Waals surface area contributed by atoms with Crippen LogP contribution >= 0.6 is 0 Å². The molecule has 3 fully saturated rings. The average molecular weight is 377 g/mol. The van der Waals surface area contributed by atoms with E-state index in [0.29, 0.717) is 11.3 Å². The van der Waals surface area contributed by atoms with Crippen LogP contribution in [0.4, 0.5) is 0 Å². The molecule has 5 rings (SSSR count). The summed E-state index contributed by atoms with van der Waals surface area (Å²) in [5.74, 6) is 3.27. The Bertz CT molecular complexity index is 671. The van der Waals surface area contributed by atoms with Gasteiger partial charge in [-0.1, -0.05) is 74.5 Å². The first-order chi connectivity index (χ1) is 13.6. The summed E-state index contributed by atoms with van der Waals surface area (Å²) in [4.78, 5) is 0. The van der Waals surface area contributed by atoms with Gasteiger partial charge in [0.25, 0.3) is 0 Å². The van der Waals surface area contributed by atoms with Crippen LogP contribution in [0.2, 0.25) is 0 Å². The molecule has 2 nitrogen and oxygen atoms in total. The van der Waals surface area contributed by atoms with Gasteiger partial charge in [0.1, 0.15) is 0 Å². The molecule has 0 saturated heterocycles. The summed E-state index contributed by atoms with van der Waals surface area (Å²) in [6, 6.07) is 21.7. The average Bonchev–Trinajstić information content (AvgIpc) is 2.74. The third-order valence-corrected chi connectivity index (χ3v) is 7.57. The second kappa shape index (κ2) is 8.80. The minimum absolute atomic E-state index is 0.412. The van der Waals surface area contributed by atoms with E-state index in [4.69, 9.17) is 0 Å². The zero-order valence-corrected chi connectivity index (χ0v) is 17.5. The summed E-state index contributed by atoms with van der Waals surface area (Å²) in [7, 11) is 0. The third-order valence-electron chi connectivity index (χ3n) is 7.57. The maximum absolute atomic E-state index is 3.71. The lowest BCUT2D eigenvalue weighted by Gasteiger charge is -2.59. The first-order valence-electron chi connectivity index (χ1n) is 11.2. The topological polar surface area (TPSA) is 24.1 Å². The molecule has 3 aliphatic rings. The molecule has 2 N–H and O–H groups in total. The second-order valence-corrected chi connectivity index (χ2v) is 9.57. The normalized spacial score (nSPS) is 25.5. The first kappa shape index (κ1) is 19.7. The van der Waals surface area contributed by atoms with Crippen LogP contribution in [-0.2, 0) is 0 Å². The van der Waals surface area contributed by atoms with Gasteiger partial charge in [-0.2, -0.15) is 0 Å². The van der Waals surface area contributed by atoms with Gasteiger partial charge in [0, 0.05) is 25.6 Å². The number of hydrogen-bond donors (Lipinski definition) is 2. The Morgan fingerprint density at radius 2 is 1.32 bits per heavy atom. The maximum Gasteiger partial charge on any atom is 0.0214 e. The Labute approximate surface area is 171 Å². The van der Waals surface area contributed by atoms with Crippen molar-refractivity contribution in [2.75, 3.05) is 26.2 Å². The van der Waals surface area contributed by atoms with E-state index in [0.717, 1.165) is 37.4 Å². The minimum atomic E-state index is 0.412. The molecule has 0 spiro atoms. The fraction of sp³-hybridized carbons (Fsp3) is 0.538. The van der Waals surface area contributed by atoms with E-state index >= 15 is 0 Å². The zero-order valence-electron chi connectivity index (χ0n) is 17.5. The van der Waals surface area contributed by atoms with E-state index in [1.165, 1.54) is 36.9 Å². The fourth-order valence-corrected chi connectivity index (χ4v) is 5.52. The lowest BCUT2D eigenvalue weighted by atomic mass is 9.47. The lowest BCUT2D eigenvalue weighted by Crippen LogP contribution is -2.52. The van der Waals surface area contributed by atoms with E-state index in [-0.39, 0.29) is 0 Å². The van der Waals surface area contributed by atoms with Crippen LogP contribution in [0.1, 0.15) is 50.2 Å². The highest BCUT2D eigenvalue weighted by Crippen LogP contribution is 2.60. The molecule has 2 aromatic carbocycles. The Morgan fingerprint density at radius 3 is 1.86 bits per heavy atom. The van der Waals surface area contributed by atoms with Gasteiger partial charge in [-0.3, -0.25) is 0 Å². The van der Waals surface area contributed by atoms with Crippen LogP contribution in [0.3, 0.4) is 0 Å². The number of benzene rings is 2. The van der Waals surface area contributed by atoms with Gasteiger partial charge in [0.2, 0.25) is 0 Å². The van der Waals surface area contributed by atoms with Crippen molar-refractivity contribution >= 4 is 0 Å². The van der Waals surface area contributed by atoms with Crippen molar-refractivity contribution in [1.82, 2.24) is 10.6 Å². The van der Waals surface area contributed by atoms with Gasteiger partial charge < -0.3 is 10.6 Å². The van der Waals surface area contributed by atoms with Gasteiger partial charge in [0.05, 0.1) is 0 Å². The standard InChI is InChI=1S/C26H36N2/c1-26(2)23-15-20(16-24(26)17-23)18-27-13-14-28-19-25(21-9-5-3-6-10-21)22-11-7-4-8-12-22/h3-12,20,23-25,27-28H,13-19H2,1-2H3/t20?,23-,24+. The molecule has 0 aromatic heterocycles. The van der Waals surface area contributed by atoms with E-state index < -0.39 is 0 Å². The quantitative estimate of drug-likeness (QED) is 0.597. The molecule has 0 radical (unpaired) electrons. The van der Waals surface area contributed by atoms with Crippen LogP contribution < -0.4 is 10.6 Å². The molecule has 1 unspecified atom stereocenters. The maximum atomic E-state index is 3.71. The van der Waals surface area contributed by atoms with Crippen molar-refractivity contribution in [3.8, 4) is 0 Å². The Morgan fingerprint density at radius 1 is 0.786 bits per heavy atom. The highest BCUT2D eigenvalue weighted by Gasteiger charge is 2.52. The summed E-state index contributed by atoms with van der Waals surface area (Å²) >= 11 is 0. The van der Waals surface area contributed by atoms with E-state index in [1.54, 1.807) is 0 Å². The monoisotopic (exact) mass is 376 g/mol. The molecule has 3 saturated carbocycles. The van der Waals surface area contributed by atoms with Gasteiger partial charge in [-0.05, 0) is 60.1 Å². The summed E-state index contributed by atoms with van der Waals surface area (Å²) < 4.78 is 0. The lowest BCUT2D eigenvalue weighted by molar-refractivity contribution is -0.0890. The van der Waals surface area contributed by atoms with Crippen molar-refractivity contribution in [2.45, 2.75) is 39.0 Å². The van der Waals surface area contributed by atoms with Gasteiger partial charge in [0.15, 0.2) is 0 Å². The van der Waals surface area contributed by atoms with E-state index in [9.17, 15) is 0 Å². The Balaban J connectivity index is 1.19. The summed E-state index contributed by atoms with van der Waals surface area (Å²) in [6.45, 7) is 9.24. The molecular formula is C26H36N2. The fourth-order valence-electron chi connectivity index (χ4n) is 5.52. The Kier molecular flexibility index (Phi) is 6.18. The van der Waals surface area contributed by atoms with Crippen molar-refractivity contribution in [1.29, 1.82) is 0 Å². The van der Waals surface area contributed by atoms with E-state index in [2.05, 4.69) is 85.1 Å². The minimum Gasteiger partial charge on any atom is -0.315 e. The number of fused-ring (bicyclic) bond motifs is 2. The smallest absolute Gasteiger partial charge is 0.0214 e. The van der Waals surface area contributed by atoms with E-state index in [1.807, 2.05) is 0 Å². The molecule has 28 heavy (non-hydrogen) atoms. The van der Waals surface area contributed by atoms with Crippen molar-refractivity contribution in [2.24, 2.45) is 23.2 Å². The van der Waals surface area contributed by atoms with Crippen LogP contribution in [0.15, 0.2) is 60.7 Å². The predicted octanol–water partition coefficient (Wildman–Crippen LogP) is 5.07. The van der Waals surface area contributed by atoms with Crippen LogP contribution in [0.5, 0.6) is 0 Å². The number of nitrogens with one attached hydrogen (secondary N) is 2. The van der Waals surface area contributed by atoms with Crippen molar-refractivity contribution in [3.63, 3.8) is 0 Å². The molecule has 3 atom stereocenters. The Hall–Kier alpha value is -1.64. The van der Waals surface area contributed by atoms with Gasteiger partial charge >= 0.3 is 0 Å². The van der Waals surface area contributed by atoms with Crippen LogP contribution in [0.25, 0.3) is 0 Å².